The minimum absolute atomic E-state index is 0.325. The number of pyridine rings is 1. The van der Waals surface area contributed by atoms with Gasteiger partial charge in [0.15, 0.2) is 5.82 Å². The molecule has 0 saturated carbocycles. The van der Waals surface area contributed by atoms with Crippen molar-refractivity contribution in [1.29, 1.82) is 0 Å². The fourth-order valence-electron chi connectivity index (χ4n) is 1.41. The number of rotatable bonds is 0. The molecule has 1 aromatic carbocycles. The zero-order valence-electron chi connectivity index (χ0n) is 7.51. The summed E-state index contributed by atoms with van der Waals surface area (Å²) in [6, 6.07) is 4.88. The summed E-state index contributed by atoms with van der Waals surface area (Å²) in [5.74, 6) is -0.357. The highest BCUT2D eigenvalue weighted by atomic mass is 79.9. The summed E-state index contributed by atoms with van der Waals surface area (Å²) in [5, 5.41) is 0.641. The second kappa shape index (κ2) is 3.20. The average Bonchev–Trinajstić information content (AvgIpc) is 2.07. The number of halogens is 2. The number of aryl methyl sites for hydroxylation is 1. The van der Waals surface area contributed by atoms with Crippen molar-refractivity contribution in [2.24, 2.45) is 0 Å². The summed E-state index contributed by atoms with van der Waals surface area (Å²) in [5.41, 5.74) is 7.36. The molecule has 0 spiro atoms. The van der Waals surface area contributed by atoms with Crippen molar-refractivity contribution in [2.45, 2.75) is 6.92 Å². The number of hydrogen-bond acceptors (Lipinski definition) is 2. The molecule has 2 rings (SSSR count). The summed E-state index contributed by atoms with van der Waals surface area (Å²) in [7, 11) is 0. The van der Waals surface area contributed by atoms with Gasteiger partial charge in [0.1, 0.15) is 5.52 Å². The molecule has 0 saturated heterocycles. The van der Waals surface area contributed by atoms with Crippen LogP contribution in [-0.4, -0.2) is 4.98 Å². The van der Waals surface area contributed by atoms with Crippen molar-refractivity contribution in [3.63, 3.8) is 0 Å². The van der Waals surface area contributed by atoms with Gasteiger partial charge in [-0.25, -0.2) is 9.37 Å². The molecule has 0 aliphatic heterocycles. The van der Waals surface area contributed by atoms with Crippen LogP contribution in [0, 0.1) is 12.7 Å². The first-order valence-corrected chi connectivity index (χ1v) is 4.89. The van der Waals surface area contributed by atoms with Crippen LogP contribution in [0.1, 0.15) is 5.69 Å². The molecule has 0 aliphatic carbocycles. The molecule has 2 aromatic rings. The quantitative estimate of drug-likeness (QED) is 0.785. The Morgan fingerprint density at radius 3 is 2.79 bits per heavy atom. The Labute approximate surface area is 89.1 Å². The summed E-state index contributed by atoms with van der Waals surface area (Å²) in [6.45, 7) is 1.79. The first-order valence-electron chi connectivity index (χ1n) is 4.10. The fraction of sp³-hybridized carbons (Fsp3) is 0.100. The van der Waals surface area contributed by atoms with Crippen LogP contribution in [0.4, 0.5) is 10.1 Å². The molecular formula is C10H8BrFN2. The Bertz CT molecular complexity index is 464. The van der Waals surface area contributed by atoms with Crippen LogP contribution in [-0.2, 0) is 0 Å². The zero-order chi connectivity index (χ0) is 10.3. The van der Waals surface area contributed by atoms with E-state index < -0.39 is 0 Å². The van der Waals surface area contributed by atoms with E-state index in [1.54, 1.807) is 19.1 Å². The molecule has 1 heterocycles. The van der Waals surface area contributed by atoms with Crippen molar-refractivity contribution in [3.8, 4) is 0 Å². The van der Waals surface area contributed by atoms with Gasteiger partial charge in [-0.15, -0.1) is 0 Å². The standard InChI is InChI=1S/C10H8BrFN2/c1-5-2-9(13)7-3-6(11)4-8(12)10(7)14-5/h2-4H,1H3,(H2,13,14). The Hall–Kier alpha value is -1.16. The Balaban J connectivity index is 2.94. The van der Waals surface area contributed by atoms with Crippen LogP contribution in [0.2, 0.25) is 0 Å². The molecule has 14 heavy (non-hydrogen) atoms. The second-order valence-electron chi connectivity index (χ2n) is 3.14. The minimum Gasteiger partial charge on any atom is -0.398 e. The summed E-state index contributed by atoms with van der Waals surface area (Å²) < 4.78 is 14.1. The Morgan fingerprint density at radius 1 is 1.36 bits per heavy atom. The third kappa shape index (κ3) is 1.46. The van der Waals surface area contributed by atoms with Crippen LogP contribution in [0.25, 0.3) is 10.9 Å². The van der Waals surface area contributed by atoms with E-state index in [0.29, 0.717) is 21.1 Å². The maximum Gasteiger partial charge on any atom is 0.150 e. The Morgan fingerprint density at radius 2 is 2.07 bits per heavy atom. The third-order valence-electron chi connectivity index (χ3n) is 1.99. The highest BCUT2D eigenvalue weighted by Gasteiger charge is 2.07. The van der Waals surface area contributed by atoms with Gasteiger partial charge in [-0.05, 0) is 25.1 Å². The van der Waals surface area contributed by atoms with Gasteiger partial charge in [-0.3, -0.25) is 0 Å². The predicted octanol–water partition coefficient (Wildman–Crippen LogP) is 3.03. The summed E-state index contributed by atoms with van der Waals surface area (Å²) >= 11 is 3.21. The van der Waals surface area contributed by atoms with Gasteiger partial charge in [0.25, 0.3) is 0 Å². The third-order valence-corrected chi connectivity index (χ3v) is 2.45. The number of hydrogen-bond donors (Lipinski definition) is 1. The molecule has 0 radical (unpaired) electrons. The predicted molar refractivity (Wildman–Crippen MR) is 58.6 cm³/mol. The molecule has 0 amide bonds. The van der Waals surface area contributed by atoms with Gasteiger partial charge >= 0.3 is 0 Å². The lowest BCUT2D eigenvalue weighted by molar-refractivity contribution is 0.635. The lowest BCUT2D eigenvalue weighted by Gasteiger charge is -2.04. The van der Waals surface area contributed by atoms with Gasteiger partial charge in [0, 0.05) is 21.2 Å². The maximum absolute atomic E-state index is 13.5. The van der Waals surface area contributed by atoms with Gasteiger partial charge in [0.2, 0.25) is 0 Å². The topological polar surface area (TPSA) is 38.9 Å². The molecular weight excluding hydrogens is 247 g/mol. The lowest BCUT2D eigenvalue weighted by Crippen LogP contribution is -1.94. The van der Waals surface area contributed by atoms with E-state index in [4.69, 9.17) is 5.73 Å². The van der Waals surface area contributed by atoms with Crippen LogP contribution >= 0.6 is 15.9 Å². The largest absolute Gasteiger partial charge is 0.398 e. The molecule has 2 nitrogen and oxygen atoms in total. The minimum atomic E-state index is -0.357. The number of aromatic nitrogens is 1. The van der Waals surface area contributed by atoms with Crippen LogP contribution in [0.3, 0.4) is 0 Å². The summed E-state index contributed by atoms with van der Waals surface area (Å²) in [6.07, 6.45) is 0. The first kappa shape index (κ1) is 9.40. The van der Waals surface area contributed by atoms with E-state index >= 15 is 0 Å². The van der Waals surface area contributed by atoms with Gasteiger partial charge < -0.3 is 5.73 Å². The lowest BCUT2D eigenvalue weighted by atomic mass is 10.1. The molecule has 0 aliphatic rings. The molecule has 72 valence electrons. The van der Waals surface area contributed by atoms with E-state index in [-0.39, 0.29) is 5.82 Å². The highest BCUT2D eigenvalue weighted by Crippen LogP contribution is 2.26. The van der Waals surface area contributed by atoms with Crippen molar-refractivity contribution in [1.82, 2.24) is 4.98 Å². The number of benzene rings is 1. The molecule has 0 bridgehead atoms. The van der Waals surface area contributed by atoms with Gasteiger partial charge in [-0.2, -0.15) is 0 Å². The number of fused-ring (bicyclic) bond motifs is 1. The Kier molecular flexibility index (Phi) is 2.15. The summed E-state index contributed by atoms with van der Waals surface area (Å²) in [4.78, 5) is 4.10. The van der Waals surface area contributed by atoms with E-state index in [0.717, 1.165) is 5.69 Å². The number of anilines is 1. The highest BCUT2D eigenvalue weighted by molar-refractivity contribution is 9.10. The van der Waals surface area contributed by atoms with Gasteiger partial charge in [-0.1, -0.05) is 15.9 Å². The molecule has 2 N–H and O–H groups in total. The SMILES string of the molecule is Cc1cc(N)c2cc(Br)cc(F)c2n1. The van der Waals surface area contributed by atoms with E-state index in [1.165, 1.54) is 6.07 Å². The molecule has 4 heteroatoms. The number of nitrogens with zero attached hydrogens (tertiary/aromatic N) is 1. The smallest absolute Gasteiger partial charge is 0.150 e. The zero-order valence-corrected chi connectivity index (χ0v) is 9.10. The molecule has 0 fully saturated rings. The van der Waals surface area contributed by atoms with E-state index in [1.807, 2.05) is 0 Å². The van der Waals surface area contributed by atoms with Crippen molar-refractivity contribution < 1.29 is 4.39 Å². The average molecular weight is 255 g/mol. The van der Waals surface area contributed by atoms with Crippen LogP contribution in [0.5, 0.6) is 0 Å². The molecule has 1 aromatic heterocycles. The van der Waals surface area contributed by atoms with Crippen molar-refractivity contribution in [2.75, 3.05) is 5.73 Å². The molecule has 0 atom stereocenters. The first-order chi connectivity index (χ1) is 6.58. The molecule has 0 unspecified atom stereocenters. The van der Waals surface area contributed by atoms with Crippen molar-refractivity contribution >= 4 is 32.5 Å². The fourth-order valence-corrected chi connectivity index (χ4v) is 1.84. The maximum atomic E-state index is 13.5. The number of nitrogens with two attached hydrogens (primary N) is 1. The van der Waals surface area contributed by atoms with Gasteiger partial charge in [0.05, 0.1) is 0 Å². The van der Waals surface area contributed by atoms with Crippen LogP contribution < -0.4 is 5.73 Å². The monoisotopic (exact) mass is 254 g/mol. The normalized spacial score (nSPS) is 10.8. The van der Waals surface area contributed by atoms with E-state index in [9.17, 15) is 4.39 Å². The van der Waals surface area contributed by atoms with Crippen LogP contribution in [0.15, 0.2) is 22.7 Å². The second-order valence-corrected chi connectivity index (χ2v) is 4.05. The number of nitrogen functional groups attached to an aromatic ring is 1. The van der Waals surface area contributed by atoms with E-state index in [2.05, 4.69) is 20.9 Å². The van der Waals surface area contributed by atoms with Crippen molar-refractivity contribution in [3.05, 3.63) is 34.2 Å².